The van der Waals surface area contributed by atoms with E-state index in [1.807, 2.05) is 0 Å². The molecule has 0 saturated heterocycles. The molecular formula is C58H44. The second-order valence-corrected chi connectivity index (χ2v) is 16.0. The second kappa shape index (κ2) is 14.6. The number of benzene rings is 8. The van der Waals surface area contributed by atoms with E-state index in [2.05, 4.69) is 194 Å². The molecule has 0 aromatic heterocycles. The predicted octanol–water partition coefficient (Wildman–Crippen LogP) is 14.3. The van der Waals surface area contributed by atoms with Crippen LogP contribution in [0.1, 0.15) is 49.7 Å². The Morgan fingerprint density at radius 3 is 1.90 bits per heavy atom. The number of allylic oxidation sites excluding steroid dienone is 8. The van der Waals surface area contributed by atoms with E-state index in [1.165, 1.54) is 110 Å². The summed E-state index contributed by atoms with van der Waals surface area (Å²) in [6.07, 6.45) is 20.5. The average molecular weight is 741 g/mol. The van der Waals surface area contributed by atoms with Crippen LogP contribution in [0.4, 0.5) is 0 Å². The van der Waals surface area contributed by atoms with E-state index >= 15 is 0 Å². The first-order chi connectivity index (χ1) is 28.8. The summed E-state index contributed by atoms with van der Waals surface area (Å²) in [6, 6.07) is 59.4. The van der Waals surface area contributed by atoms with Gasteiger partial charge >= 0.3 is 0 Å². The highest BCUT2D eigenvalue weighted by molar-refractivity contribution is 6.22. The fraction of sp³-hybridized carbons (Fsp3) is 0.103. The smallest absolute Gasteiger partial charge is 0.00259 e. The van der Waals surface area contributed by atoms with Crippen molar-refractivity contribution in [3.05, 3.63) is 221 Å². The molecule has 0 heterocycles. The van der Waals surface area contributed by atoms with E-state index in [9.17, 15) is 0 Å². The van der Waals surface area contributed by atoms with Crippen molar-refractivity contribution in [2.24, 2.45) is 0 Å². The van der Waals surface area contributed by atoms with Gasteiger partial charge in [-0.3, -0.25) is 0 Å². The molecule has 0 spiro atoms. The Morgan fingerprint density at radius 1 is 0.397 bits per heavy atom. The van der Waals surface area contributed by atoms with Crippen molar-refractivity contribution in [1.29, 1.82) is 0 Å². The fourth-order valence-electron chi connectivity index (χ4n) is 10.0. The highest BCUT2D eigenvalue weighted by Crippen LogP contribution is 2.46. The Morgan fingerprint density at radius 2 is 1.05 bits per heavy atom. The van der Waals surface area contributed by atoms with E-state index in [0.717, 1.165) is 38.5 Å². The molecule has 0 radical (unpaired) electrons. The van der Waals surface area contributed by atoms with Gasteiger partial charge in [-0.05, 0) is 166 Å². The maximum atomic E-state index is 2.52. The van der Waals surface area contributed by atoms with E-state index in [1.54, 1.807) is 0 Å². The maximum Gasteiger partial charge on any atom is -0.00259 e. The number of hydrogen-bond donors (Lipinski definition) is 0. The topological polar surface area (TPSA) is 0 Å². The summed E-state index contributed by atoms with van der Waals surface area (Å²) in [5.74, 6) is 0. The molecule has 0 aliphatic heterocycles. The van der Waals surface area contributed by atoms with E-state index in [4.69, 9.17) is 0 Å². The minimum Gasteiger partial charge on any atom is -0.0842 e. The lowest BCUT2D eigenvalue weighted by molar-refractivity contribution is 0.902. The minimum atomic E-state index is 1.05. The zero-order valence-electron chi connectivity index (χ0n) is 32.7. The van der Waals surface area contributed by atoms with Crippen LogP contribution in [0.15, 0.2) is 199 Å². The average Bonchev–Trinajstić information content (AvgIpc) is 3.30. The van der Waals surface area contributed by atoms with Crippen LogP contribution < -0.4 is 10.4 Å². The van der Waals surface area contributed by atoms with Crippen molar-refractivity contribution in [3.63, 3.8) is 0 Å². The standard InChI is InChI=1S/C58H44/c1-2-16-39(17-3-1)47-28-8-9-29-50(47)44-34-35-55-56(38-44)58(46-25-13-23-43(37-46)52-33-15-21-41-19-5-7-27-49(41)52)54-31-11-10-30-53(54)57(55)45-24-12-22-42(36-45)51-32-14-20-40-18-4-6-26-48(40)51/h1-2,4-7,9-13,15-16,18-27,29-31,33-38H,3,8,14,17,28,32H2. The van der Waals surface area contributed by atoms with E-state index in [0.29, 0.717) is 0 Å². The van der Waals surface area contributed by atoms with Crippen LogP contribution in [0.25, 0.3) is 82.9 Å². The predicted molar refractivity (Wildman–Crippen MR) is 249 cm³/mol. The van der Waals surface area contributed by atoms with Crippen LogP contribution >= 0.6 is 0 Å². The molecule has 0 heteroatoms. The third-order valence-electron chi connectivity index (χ3n) is 12.7. The number of fused-ring (bicyclic) bond motifs is 4. The van der Waals surface area contributed by atoms with Crippen LogP contribution in [0.5, 0.6) is 0 Å². The summed E-state index contributed by atoms with van der Waals surface area (Å²) in [7, 11) is 0. The van der Waals surface area contributed by atoms with Crippen molar-refractivity contribution >= 4 is 49.5 Å². The fourth-order valence-corrected chi connectivity index (χ4v) is 10.0. The van der Waals surface area contributed by atoms with Crippen LogP contribution in [-0.4, -0.2) is 0 Å². The lowest BCUT2D eigenvalue weighted by Gasteiger charge is -2.23. The minimum absolute atomic E-state index is 1.05. The molecular weight excluding hydrogens is 697 g/mol. The van der Waals surface area contributed by atoms with Crippen molar-refractivity contribution < 1.29 is 0 Å². The molecule has 276 valence electrons. The lowest BCUT2D eigenvalue weighted by atomic mass is 9.81. The molecule has 11 rings (SSSR count). The van der Waals surface area contributed by atoms with Gasteiger partial charge < -0.3 is 0 Å². The molecule has 8 aromatic rings. The molecule has 3 aliphatic carbocycles. The molecule has 0 atom stereocenters. The van der Waals surface area contributed by atoms with Gasteiger partial charge in [0.15, 0.2) is 0 Å². The van der Waals surface area contributed by atoms with E-state index < -0.39 is 0 Å². The first-order valence-electron chi connectivity index (χ1n) is 21.0. The van der Waals surface area contributed by atoms with E-state index in [-0.39, 0.29) is 0 Å². The monoisotopic (exact) mass is 740 g/mol. The summed E-state index contributed by atoms with van der Waals surface area (Å²) in [5, 5.41) is 10.4. The molecule has 0 N–H and O–H groups in total. The third kappa shape index (κ3) is 6.00. The van der Waals surface area contributed by atoms with Crippen LogP contribution in [0.2, 0.25) is 0 Å². The van der Waals surface area contributed by atoms with Gasteiger partial charge in [0.2, 0.25) is 0 Å². The maximum absolute atomic E-state index is 2.52. The summed E-state index contributed by atoms with van der Waals surface area (Å²) in [5.41, 5.74) is 16.0. The van der Waals surface area contributed by atoms with Gasteiger partial charge in [-0.15, -0.1) is 0 Å². The number of hydrogen-bond acceptors (Lipinski definition) is 0. The molecule has 0 saturated carbocycles. The highest BCUT2D eigenvalue weighted by Gasteiger charge is 2.21. The van der Waals surface area contributed by atoms with Crippen LogP contribution in [0, 0.1) is 0 Å². The van der Waals surface area contributed by atoms with Crippen molar-refractivity contribution in [2.45, 2.75) is 38.5 Å². The molecule has 0 nitrogen and oxygen atoms in total. The van der Waals surface area contributed by atoms with Crippen LogP contribution in [0.3, 0.4) is 0 Å². The molecule has 0 amide bonds. The first kappa shape index (κ1) is 34.5. The molecule has 0 fully saturated rings. The highest BCUT2D eigenvalue weighted by atomic mass is 14.2. The summed E-state index contributed by atoms with van der Waals surface area (Å²) in [4.78, 5) is 0. The summed E-state index contributed by atoms with van der Waals surface area (Å²) < 4.78 is 0. The zero-order chi connectivity index (χ0) is 38.4. The summed E-state index contributed by atoms with van der Waals surface area (Å²) >= 11 is 0. The Hall–Kier alpha value is -6.76. The Kier molecular flexibility index (Phi) is 8.70. The summed E-state index contributed by atoms with van der Waals surface area (Å²) in [6.45, 7) is 0. The van der Waals surface area contributed by atoms with Crippen molar-refractivity contribution in [2.75, 3.05) is 0 Å². The molecule has 3 aliphatic rings. The SMILES string of the molecule is C1=CCCC(C2=C(c3ccc4c(-c5cccc(C6=c7ccccc7=CCC6)c5)c5ccccc5c(-c5cccc(-c6cccc7ccccc67)c5)c4c3)C=CCC2)=C1. The lowest BCUT2D eigenvalue weighted by Crippen LogP contribution is -2.29. The van der Waals surface area contributed by atoms with Gasteiger partial charge in [0.1, 0.15) is 0 Å². The van der Waals surface area contributed by atoms with Gasteiger partial charge in [-0.1, -0.05) is 176 Å². The van der Waals surface area contributed by atoms with Crippen molar-refractivity contribution in [3.8, 4) is 33.4 Å². The van der Waals surface area contributed by atoms with Crippen LogP contribution in [-0.2, 0) is 0 Å². The van der Waals surface area contributed by atoms with Crippen molar-refractivity contribution in [1.82, 2.24) is 0 Å². The first-order valence-corrected chi connectivity index (χ1v) is 21.0. The van der Waals surface area contributed by atoms with Gasteiger partial charge in [0.25, 0.3) is 0 Å². The molecule has 0 unspecified atom stereocenters. The molecule has 0 bridgehead atoms. The molecule has 8 aromatic carbocycles. The quantitative estimate of drug-likeness (QED) is 0.149. The molecule has 58 heavy (non-hydrogen) atoms. The second-order valence-electron chi connectivity index (χ2n) is 16.0. The Bertz CT molecular complexity index is 3210. The number of rotatable bonds is 6. The zero-order valence-corrected chi connectivity index (χ0v) is 32.7. The normalized spacial score (nSPS) is 15.2. The van der Waals surface area contributed by atoms with Gasteiger partial charge in [0.05, 0.1) is 0 Å². The van der Waals surface area contributed by atoms with Gasteiger partial charge in [-0.25, -0.2) is 0 Å². The largest absolute Gasteiger partial charge is 0.0842 e. The Labute approximate surface area is 340 Å². The van der Waals surface area contributed by atoms with Gasteiger partial charge in [0, 0.05) is 0 Å². The Balaban J connectivity index is 1.19. The van der Waals surface area contributed by atoms with Gasteiger partial charge in [-0.2, -0.15) is 0 Å². The third-order valence-corrected chi connectivity index (χ3v) is 12.7.